The highest BCUT2D eigenvalue weighted by Crippen LogP contribution is 2.30. The van der Waals surface area contributed by atoms with E-state index >= 15 is 0 Å². The van der Waals surface area contributed by atoms with Crippen molar-refractivity contribution in [1.29, 1.82) is 0 Å². The van der Waals surface area contributed by atoms with E-state index in [1.54, 1.807) is 0 Å². The average Bonchev–Trinajstić information content (AvgIpc) is 2.00. The van der Waals surface area contributed by atoms with Crippen molar-refractivity contribution in [1.82, 2.24) is 0 Å². The van der Waals surface area contributed by atoms with Gasteiger partial charge < -0.3 is 15.3 Å². The standard InChI is InChI=1S/C7H10F2O3/c8-6(9)7(12)3-1-2-4(10)5(7)11/h1-2,4-6,10-12H,3H2. The second-order valence-corrected chi connectivity index (χ2v) is 2.86. The van der Waals surface area contributed by atoms with Gasteiger partial charge in [0.25, 0.3) is 6.43 Å². The molecule has 3 N–H and O–H groups in total. The normalized spacial score (nSPS) is 42.2. The Labute approximate surface area is 67.9 Å². The van der Waals surface area contributed by atoms with Crippen LogP contribution in [0.4, 0.5) is 8.78 Å². The molecule has 3 unspecified atom stereocenters. The minimum absolute atomic E-state index is 0.344. The Balaban J connectivity index is 2.85. The van der Waals surface area contributed by atoms with Gasteiger partial charge in [-0.05, 0) is 0 Å². The lowest BCUT2D eigenvalue weighted by Crippen LogP contribution is -2.55. The van der Waals surface area contributed by atoms with Crippen LogP contribution in [0.5, 0.6) is 0 Å². The molecule has 0 aromatic rings. The molecule has 1 aliphatic carbocycles. The van der Waals surface area contributed by atoms with E-state index in [4.69, 9.17) is 10.2 Å². The highest BCUT2D eigenvalue weighted by atomic mass is 19.3. The molecule has 0 radical (unpaired) electrons. The summed E-state index contributed by atoms with van der Waals surface area (Å²) in [5, 5.41) is 27.1. The fourth-order valence-electron chi connectivity index (χ4n) is 1.14. The summed E-state index contributed by atoms with van der Waals surface area (Å²) in [6.45, 7) is 0. The summed E-state index contributed by atoms with van der Waals surface area (Å²) < 4.78 is 24.3. The maximum absolute atomic E-state index is 12.2. The van der Waals surface area contributed by atoms with Gasteiger partial charge in [0.1, 0.15) is 12.2 Å². The van der Waals surface area contributed by atoms with Crippen molar-refractivity contribution >= 4 is 0 Å². The molecule has 12 heavy (non-hydrogen) atoms. The highest BCUT2D eigenvalue weighted by molar-refractivity contribution is 5.10. The van der Waals surface area contributed by atoms with Gasteiger partial charge in [0, 0.05) is 6.42 Å². The number of alkyl halides is 2. The molecule has 0 amide bonds. The molecule has 0 aromatic heterocycles. The zero-order valence-electron chi connectivity index (χ0n) is 6.19. The Hall–Kier alpha value is -0.520. The SMILES string of the molecule is OC1C=CCC(O)(C(F)F)C1O. The molecular formula is C7H10F2O3. The number of aliphatic hydroxyl groups is 3. The number of hydrogen-bond donors (Lipinski definition) is 3. The summed E-state index contributed by atoms with van der Waals surface area (Å²) in [5.74, 6) is 0. The van der Waals surface area contributed by atoms with Crippen LogP contribution in [-0.4, -0.2) is 39.6 Å². The summed E-state index contributed by atoms with van der Waals surface area (Å²) >= 11 is 0. The second-order valence-electron chi connectivity index (χ2n) is 2.86. The van der Waals surface area contributed by atoms with Crippen molar-refractivity contribution < 1.29 is 24.1 Å². The summed E-state index contributed by atoms with van der Waals surface area (Å²) in [6.07, 6.45) is -4.24. The number of halogens is 2. The van der Waals surface area contributed by atoms with E-state index in [1.807, 2.05) is 0 Å². The van der Waals surface area contributed by atoms with Gasteiger partial charge in [-0.2, -0.15) is 0 Å². The van der Waals surface area contributed by atoms with Crippen LogP contribution in [-0.2, 0) is 0 Å². The van der Waals surface area contributed by atoms with E-state index < -0.39 is 24.2 Å². The molecule has 3 atom stereocenters. The minimum Gasteiger partial charge on any atom is -0.387 e. The number of hydrogen-bond acceptors (Lipinski definition) is 3. The lowest BCUT2D eigenvalue weighted by atomic mass is 9.85. The minimum atomic E-state index is -3.06. The molecule has 3 nitrogen and oxygen atoms in total. The molecule has 5 heteroatoms. The first-order valence-electron chi connectivity index (χ1n) is 3.52. The van der Waals surface area contributed by atoms with E-state index in [2.05, 4.69) is 0 Å². The van der Waals surface area contributed by atoms with E-state index in [0.717, 1.165) is 0 Å². The Bertz CT molecular complexity index is 195. The largest absolute Gasteiger partial charge is 0.387 e. The topological polar surface area (TPSA) is 60.7 Å². The van der Waals surface area contributed by atoms with Crippen LogP contribution in [0.25, 0.3) is 0 Å². The maximum atomic E-state index is 12.2. The molecule has 1 rings (SSSR count). The van der Waals surface area contributed by atoms with E-state index in [9.17, 15) is 13.9 Å². The molecule has 70 valence electrons. The summed E-state index contributed by atoms with van der Waals surface area (Å²) in [7, 11) is 0. The van der Waals surface area contributed by atoms with Crippen LogP contribution < -0.4 is 0 Å². The molecule has 0 aromatic carbocycles. The van der Waals surface area contributed by atoms with Crippen molar-refractivity contribution in [3.8, 4) is 0 Å². The zero-order valence-corrected chi connectivity index (χ0v) is 6.19. The van der Waals surface area contributed by atoms with Gasteiger partial charge in [-0.1, -0.05) is 12.2 Å². The third kappa shape index (κ3) is 1.35. The first-order valence-corrected chi connectivity index (χ1v) is 3.52. The lowest BCUT2D eigenvalue weighted by molar-refractivity contribution is -0.184. The number of rotatable bonds is 1. The Morgan fingerprint density at radius 2 is 2.00 bits per heavy atom. The zero-order chi connectivity index (χ0) is 9.35. The monoisotopic (exact) mass is 180 g/mol. The predicted octanol–water partition coefficient (Wildman–Crippen LogP) is -0.336. The lowest BCUT2D eigenvalue weighted by Gasteiger charge is -2.35. The van der Waals surface area contributed by atoms with E-state index in [1.165, 1.54) is 12.2 Å². The van der Waals surface area contributed by atoms with Crippen molar-refractivity contribution in [2.45, 2.75) is 30.7 Å². The molecule has 0 spiro atoms. The van der Waals surface area contributed by atoms with Crippen LogP contribution in [0, 0.1) is 0 Å². The van der Waals surface area contributed by atoms with E-state index in [-0.39, 0.29) is 6.42 Å². The number of aliphatic hydroxyl groups excluding tert-OH is 2. The molecule has 1 aliphatic rings. The van der Waals surface area contributed by atoms with Gasteiger partial charge in [-0.3, -0.25) is 0 Å². The van der Waals surface area contributed by atoms with Crippen molar-refractivity contribution in [2.75, 3.05) is 0 Å². The summed E-state index contributed by atoms with van der Waals surface area (Å²) in [4.78, 5) is 0. The van der Waals surface area contributed by atoms with Crippen LogP contribution >= 0.6 is 0 Å². The third-order valence-corrected chi connectivity index (χ3v) is 1.99. The maximum Gasteiger partial charge on any atom is 0.269 e. The van der Waals surface area contributed by atoms with Gasteiger partial charge in [0.2, 0.25) is 0 Å². The molecule has 0 aliphatic heterocycles. The van der Waals surface area contributed by atoms with Crippen LogP contribution in [0.3, 0.4) is 0 Å². The Kier molecular flexibility index (Phi) is 2.46. The Morgan fingerprint density at radius 3 is 2.42 bits per heavy atom. The van der Waals surface area contributed by atoms with E-state index in [0.29, 0.717) is 0 Å². The molecule has 0 bridgehead atoms. The molecule has 0 saturated heterocycles. The summed E-state index contributed by atoms with van der Waals surface area (Å²) in [6, 6.07) is 0. The molecule has 0 heterocycles. The fourth-order valence-corrected chi connectivity index (χ4v) is 1.14. The van der Waals surface area contributed by atoms with Crippen LogP contribution in [0.15, 0.2) is 12.2 Å². The smallest absolute Gasteiger partial charge is 0.269 e. The highest BCUT2D eigenvalue weighted by Gasteiger charge is 2.48. The van der Waals surface area contributed by atoms with Gasteiger partial charge in [0.15, 0.2) is 5.60 Å². The predicted molar refractivity (Wildman–Crippen MR) is 36.7 cm³/mol. The van der Waals surface area contributed by atoms with Gasteiger partial charge >= 0.3 is 0 Å². The van der Waals surface area contributed by atoms with Crippen molar-refractivity contribution in [2.24, 2.45) is 0 Å². The molecule has 0 saturated carbocycles. The van der Waals surface area contributed by atoms with Crippen LogP contribution in [0.1, 0.15) is 6.42 Å². The first-order chi connectivity index (χ1) is 5.48. The quantitative estimate of drug-likeness (QED) is 0.484. The average molecular weight is 180 g/mol. The fraction of sp³-hybridized carbons (Fsp3) is 0.714. The van der Waals surface area contributed by atoms with Crippen LogP contribution in [0.2, 0.25) is 0 Å². The van der Waals surface area contributed by atoms with Gasteiger partial charge in [0.05, 0.1) is 0 Å². The Morgan fingerprint density at radius 1 is 1.42 bits per heavy atom. The first kappa shape index (κ1) is 9.57. The third-order valence-electron chi connectivity index (χ3n) is 1.99. The van der Waals surface area contributed by atoms with Crippen molar-refractivity contribution in [3.05, 3.63) is 12.2 Å². The van der Waals surface area contributed by atoms with Gasteiger partial charge in [-0.25, -0.2) is 8.78 Å². The van der Waals surface area contributed by atoms with Gasteiger partial charge in [-0.15, -0.1) is 0 Å². The second kappa shape index (κ2) is 3.08. The molecular weight excluding hydrogens is 170 g/mol. The summed E-state index contributed by atoms with van der Waals surface area (Å²) in [5.41, 5.74) is -2.51. The molecule has 0 fully saturated rings. The van der Waals surface area contributed by atoms with Crippen molar-refractivity contribution in [3.63, 3.8) is 0 Å².